The number of carboxylic acids is 1. The summed E-state index contributed by atoms with van der Waals surface area (Å²) in [5.74, 6) is -0.909. The first-order valence-electron chi connectivity index (χ1n) is 8.68. The number of amides is 1. The van der Waals surface area contributed by atoms with Gasteiger partial charge in [-0.1, -0.05) is 0 Å². The molecule has 25 heavy (non-hydrogen) atoms. The second kappa shape index (κ2) is 7.47. The first-order chi connectivity index (χ1) is 11.6. The highest BCUT2D eigenvalue weighted by Crippen LogP contribution is 2.17. The van der Waals surface area contributed by atoms with E-state index in [-0.39, 0.29) is 12.1 Å². The van der Waals surface area contributed by atoms with Gasteiger partial charge in [0.1, 0.15) is 5.60 Å². The van der Waals surface area contributed by atoms with Gasteiger partial charge in [0.05, 0.1) is 5.56 Å². The number of ether oxygens (including phenoxy) is 1. The molecule has 1 fully saturated rings. The van der Waals surface area contributed by atoms with E-state index in [0.717, 1.165) is 24.2 Å². The maximum Gasteiger partial charge on any atom is 0.410 e. The van der Waals surface area contributed by atoms with Gasteiger partial charge in [-0.05, 0) is 46.6 Å². The molecule has 2 rings (SSSR count). The van der Waals surface area contributed by atoms with Gasteiger partial charge in [-0.25, -0.2) is 9.59 Å². The summed E-state index contributed by atoms with van der Waals surface area (Å²) in [4.78, 5) is 25.2. The molecule has 0 bridgehead atoms. The highest BCUT2D eigenvalue weighted by molar-refractivity contribution is 5.89. The van der Waals surface area contributed by atoms with Crippen LogP contribution in [0.5, 0.6) is 0 Å². The fraction of sp³-hybridized carbons (Fsp3) is 0.667. The van der Waals surface area contributed by atoms with Crippen molar-refractivity contribution in [3.8, 4) is 0 Å². The number of hydrogen-bond acceptors (Lipinski definition) is 4. The average Bonchev–Trinajstić information content (AvgIpc) is 2.80. The lowest BCUT2D eigenvalue weighted by atomic mass is 10.1. The summed E-state index contributed by atoms with van der Waals surface area (Å²) in [7, 11) is 1.87. The molecule has 1 aromatic rings. The molecular weight excluding hydrogens is 322 g/mol. The third kappa shape index (κ3) is 4.98. The number of aromatic nitrogens is 1. The zero-order valence-corrected chi connectivity index (χ0v) is 15.8. The predicted octanol–water partition coefficient (Wildman–Crippen LogP) is 2.52. The Morgan fingerprint density at radius 3 is 2.64 bits per heavy atom. The van der Waals surface area contributed by atoms with Gasteiger partial charge in [-0.2, -0.15) is 0 Å². The minimum Gasteiger partial charge on any atom is -0.478 e. The van der Waals surface area contributed by atoms with Crippen LogP contribution in [0.2, 0.25) is 0 Å². The molecule has 7 nitrogen and oxygen atoms in total. The van der Waals surface area contributed by atoms with Gasteiger partial charge in [-0.15, -0.1) is 0 Å². The van der Waals surface area contributed by atoms with E-state index in [2.05, 4.69) is 5.32 Å². The quantitative estimate of drug-likeness (QED) is 0.871. The van der Waals surface area contributed by atoms with Crippen molar-refractivity contribution in [2.24, 2.45) is 7.05 Å². The van der Waals surface area contributed by atoms with E-state index in [1.165, 1.54) is 0 Å². The zero-order chi connectivity index (χ0) is 18.8. The normalized spacial score (nSPS) is 18.3. The van der Waals surface area contributed by atoms with Crippen LogP contribution < -0.4 is 5.32 Å². The lowest BCUT2D eigenvalue weighted by molar-refractivity contribution is 0.0186. The molecule has 2 N–H and O–H groups in total. The maximum atomic E-state index is 12.2. The van der Waals surface area contributed by atoms with Crippen molar-refractivity contribution < 1.29 is 19.4 Å². The maximum absolute atomic E-state index is 12.2. The number of carbonyl (C=O) groups is 2. The fourth-order valence-corrected chi connectivity index (χ4v) is 3.04. The van der Waals surface area contributed by atoms with Crippen molar-refractivity contribution in [1.29, 1.82) is 0 Å². The molecule has 1 unspecified atom stereocenters. The van der Waals surface area contributed by atoms with Crippen molar-refractivity contribution in [2.75, 3.05) is 13.1 Å². The number of likely N-dealkylation sites (tertiary alicyclic amines) is 1. The minimum absolute atomic E-state index is 0.171. The molecular formula is C18H29N3O4. The van der Waals surface area contributed by atoms with Gasteiger partial charge in [0.15, 0.2) is 0 Å². The standard InChI is InChI=1S/C18H29N3O4/c1-12-15(16(22)23)9-14(20(12)5)10-19-13-7-6-8-21(11-13)17(24)25-18(2,3)4/h9,13,19H,6-8,10-11H2,1-5H3,(H,22,23). The highest BCUT2D eigenvalue weighted by atomic mass is 16.6. The van der Waals surface area contributed by atoms with E-state index < -0.39 is 11.6 Å². The molecule has 7 heteroatoms. The number of hydrogen-bond donors (Lipinski definition) is 2. The van der Waals surface area contributed by atoms with Gasteiger partial charge in [-0.3, -0.25) is 0 Å². The SMILES string of the molecule is Cc1c(C(=O)O)cc(CNC2CCCN(C(=O)OC(C)(C)C)C2)n1C. The number of piperidine rings is 1. The molecule has 0 aromatic carbocycles. The summed E-state index contributed by atoms with van der Waals surface area (Å²) in [6.45, 7) is 9.27. The monoisotopic (exact) mass is 351 g/mol. The molecule has 0 aliphatic carbocycles. The lowest BCUT2D eigenvalue weighted by Crippen LogP contribution is -2.49. The Morgan fingerprint density at radius 1 is 1.40 bits per heavy atom. The molecule has 0 saturated carbocycles. The van der Waals surface area contributed by atoms with Gasteiger partial charge < -0.3 is 24.6 Å². The summed E-state index contributed by atoms with van der Waals surface area (Å²) in [6, 6.07) is 1.88. The Labute approximate surface area is 148 Å². The van der Waals surface area contributed by atoms with E-state index >= 15 is 0 Å². The summed E-state index contributed by atoms with van der Waals surface area (Å²) in [5, 5.41) is 12.7. The van der Waals surface area contributed by atoms with Crippen LogP contribution in [-0.4, -0.2) is 51.4 Å². The number of rotatable bonds is 4. The smallest absolute Gasteiger partial charge is 0.410 e. The van der Waals surface area contributed by atoms with Crippen LogP contribution in [0, 0.1) is 6.92 Å². The van der Waals surface area contributed by atoms with Crippen LogP contribution in [0.4, 0.5) is 4.79 Å². The van der Waals surface area contributed by atoms with E-state index in [4.69, 9.17) is 4.74 Å². The third-order valence-corrected chi connectivity index (χ3v) is 4.51. The highest BCUT2D eigenvalue weighted by Gasteiger charge is 2.27. The second-order valence-corrected chi connectivity index (χ2v) is 7.65. The molecule has 140 valence electrons. The van der Waals surface area contributed by atoms with Gasteiger partial charge in [0.2, 0.25) is 0 Å². The largest absolute Gasteiger partial charge is 0.478 e. The molecule has 0 radical (unpaired) electrons. The molecule has 0 spiro atoms. The summed E-state index contributed by atoms with van der Waals surface area (Å²) in [6.07, 6.45) is 1.62. The number of carboxylic acid groups (broad SMARTS) is 1. The Balaban J connectivity index is 1.94. The molecule has 1 atom stereocenters. The van der Waals surface area contributed by atoms with Gasteiger partial charge in [0, 0.05) is 44.1 Å². The van der Waals surface area contributed by atoms with Crippen molar-refractivity contribution in [2.45, 2.75) is 58.7 Å². The number of carbonyl (C=O) groups excluding carboxylic acids is 1. The first kappa shape index (κ1) is 19.3. The summed E-state index contributed by atoms with van der Waals surface area (Å²) >= 11 is 0. The third-order valence-electron chi connectivity index (χ3n) is 4.51. The van der Waals surface area contributed by atoms with E-state index in [1.54, 1.807) is 17.9 Å². The van der Waals surface area contributed by atoms with Crippen LogP contribution in [0.25, 0.3) is 0 Å². The minimum atomic E-state index is -0.909. The molecule has 1 saturated heterocycles. The lowest BCUT2D eigenvalue weighted by Gasteiger charge is -2.34. The molecule has 2 heterocycles. The van der Waals surface area contributed by atoms with Crippen LogP contribution in [0.15, 0.2) is 6.07 Å². The Kier molecular flexibility index (Phi) is 5.77. The van der Waals surface area contributed by atoms with E-state index in [9.17, 15) is 14.7 Å². The van der Waals surface area contributed by atoms with Crippen LogP contribution in [-0.2, 0) is 18.3 Å². The van der Waals surface area contributed by atoms with E-state index in [0.29, 0.717) is 25.2 Å². The molecule has 1 amide bonds. The number of nitrogens with zero attached hydrogens (tertiary/aromatic N) is 2. The van der Waals surface area contributed by atoms with Crippen molar-refractivity contribution >= 4 is 12.1 Å². The number of nitrogens with one attached hydrogen (secondary N) is 1. The van der Waals surface area contributed by atoms with Crippen LogP contribution >= 0.6 is 0 Å². The summed E-state index contributed by atoms with van der Waals surface area (Å²) in [5.41, 5.74) is 1.50. The average molecular weight is 351 g/mol. The Hall–Kier alpha value is -2.02. The second-order valence-electron chi connectivity index (χ2n) is 7.65. The first-order valence-corrected chi connectivity index (χ1v) is 8.68. The Morgan fingerprint density at radius 2 is 2.08 bits per heavy atom. The molecule has 1 aliphatic heterocycles. The van der Waals surface area contributed by atoms with Crippen molar-refractivity contribution in [3.05, 3.63) is 23.0 Å². The summed E-state index contributed by atoms with van der Waals surface area (Å²) < 4.78 is 7.34. The zero-order valence-electron chi connectivity index (χ0n) is 15.8. The van der Waals surface area contributed by atoms with E-state index in [1.807, 2.05) is 32.4 Å². The number of aromatic carboxylic acids is 1. The van der Waals surface area contributed by atoms with Crippen molar-refractivity contribution in [3.63, 3.8) is 0 Å². The van der Waals surface area contributed by atoms with Gasteiger partial charge in [0.25, 0.3) is 0 Å². The van der Waals surface area contributed by atoms with Crippen LogP contribution in [0.1, 0.15) is 55.4 Å². The van der Waals surface area contributed by atoms with Gasteiger partial charge >= 0.3 is 12.1 Å². The Bertz CT molecular complexity index is 645. The predicted molar refractivity (Wildman–Crippen MR) is 94.8 cm³/mol. The van der Waals surface area contributed by atoms with Crippen LogP contribution in [0.3, 0.4) is 0 Å². The molecule has 1 aromatic heterocycles. The topological polar surface area (TPSA) is 83.8 Å². The van der Waals surface area contributed by atoms with Crippen molar-refractivity contribution in [1.82, 2.24) is 14.8 Å². The fourth-order valence-electron chi connectivity index (χ4n) is 3.04. The molecule has 1 aliphatic rings.